The van der Waals surface area contributed by atoms with E-state index in [1.807, 2.05) is 42.5 Å². The molecule has 29 heavy (non-hydrogen) atoms. The van der Waals surface area contributed by atoms with E-state index >= 15 is 0 Å². The summed E-state index contributed by atoms with van der Waals surface area (Å²) in [5.41, 5.74) is 3.82. The van der Waals surface area contributed by atoms with Crippen LogP contribution in [0.2, 0.25) is 5.02 Å². The molecule has 1 aliphatic rings. The molecule has 5 heteroatoms. The van der Waals surface area contributed by atoms with E-state index in [1.165, 1.54) is 17.7 Å². The van der Waals surface area contributed by atoms with Crippen molar-refractivity contribution in [1.29, 1.82) is 0 Å². The van der Waals surface area contributed by atoms with Gasteiger partial charge in [-0.25, -0.2) is 4.39 Å². The Bertz CT molecular complexity index is 1020. The molecule has 0 saturated heterocycles. The lowest BCUT2D eigenvalue weighted by atomic mass is 9.88. The Balaban J connectivity index is 1.55. The summed E-state index contributed by atoms with van der Waals surface area (Å²) in [4.78, 5) is 14.8. The Kier molecular flexibility index (Phi) is 5.93. The van der Waals surface area contributed by atoms with Gasteiger partial charge in [0, 0.05) is 11.6 Å². The van der Waals surface area contributed by atoms with E-state index in [-0.39, 0.29) is 31.0 Å². The molecular formula is C24H21ClFNO2. The molecule has 0 spiro atoms. The first-order valence-electron chi connectivity index (χ1n) is 9.57. The van der Waals surface area contributed by atoms with Gasteiger partial charge in [0.2, 0.25) is 5.91 Å². The largest absolute Gasteiger partial charge is 0.367 e. The van der Waals surface area contributed by atoms with Crippen LogP contribution in [-0.4, -0.2) is 24.0 Å². The molecule has 0 bridgehead atoms. The maximum atomic E-state index is 13.9. The third-order valence-corrected chi connectivity index (χ3v) is 5.58. The fourth-order valence-corrected chi connectivity index (χ4v) is 4.01. The van der Waals surface area contributed by atoms with Gasteiger partial charge in [-0.15, -0.1) is 0 Å². The van der Waals surface area contributed by atoms with Crippen molar-refractivity contribution in [3.05, 3.63) is 106 Å². The normalized spacial score (nSPS) is 15.8. The molecule has 3 aromatic rings. The minimum atomic E-state index is -0.327. The number of halogens is 2. The van der Waals surface area contributed by atoms with E-state index in [2.05, 4.69) is 6.07 Å². The zero-order valence-electron chi connectivity index (χ0n) is 15.9. The number of benzene rings is 3. The monoisotopic (exact) mass is 409 g/mol. The van der Waals surface area contributed by atoms with Gasteiger partial charge in [-0.1, -0.05) is 66.2 Å². The minimum Gasteiger partial charge on any atom is -0.367 e. The highest BCUT2D eigenvalue weighted by Crippen LogP contribution is 2.35. The standard InChI is InChI=1S/C24H21ClFNO2/c25-22-11-4-2-7-19(22)15-29-16-23(28)27-13-12-17-6-1-3-10-21(17)24(27)18-8-5-9-20(26)14-18/h1-11,14,24H,12-13,15-16H2. The summed E-state index contributed by atoms with van der Waals surface area (Å²) in [6.07, 6.45) is 0.762. The predicted octanol–water partition coefficient (Wildman–Crippen LogP) is 5.17. The van der Waals surface area contributed by atoms with E-state index in [1.54, 1.807) is 17.0 Å². The molecule has 3 nitrogen and oxygen atoms in total. The van der Waals surface area contributed by atoms with Crippen LogP contribution >= 0.6 is 11.6 Å². The van der Waals surface area contributed by atoms with E-state index in [9.17, 15) is 9.18 Å². The van der Waals surface area contributed by atoms with Crippen molar-refractivity contribution in [1.82, 2.24) is 4.90 Å². The van der Waals surface area contributed by atoms with Crippen LogP contribution in [0.3, 0.4) is 0 Å². The summed E-state index contributed by atoms with van der Waals surface area (Å²) >= 11 is 6.15. The summed E-state index contributed by atoms with van der Waals surface area (Å²) in [5.74, 6) is -0.436. The first-order chi connectivity index (χ1) is 14.1. The van der Waals surface area contributed by atoms with E-state index < -0.39 is 0 Å². The molecule has 0 fully saturated rings. The second-order valence-corrected chi connectivity index (χ2v) is 7.48. The Morgan fingerprint density at radius 2 is 1.86 bits per heavy atom. The smallest absolute Gasteiger partial charge is 0.249 e. The Morgan fingerprint density at radius 3 is 2.69 bits per heavy atom. The zero-order valence-corrected chi connectivity index (χ0v) is 16.6. The molecule has 0 aromatic heterocycles. The van der Waals surface area contributed by atoms with Crippen LogP contribution in [0.5, 0.6) is 0 Å². The van der Waals surface area contributed by atoms with Gasteiger partial charge in [0.15, 0.2) is 0 Å². The second kappa shape index (κ2) is 8.76. The quantitative estimate of drug-likeness (QED) is 0.581. The van der Waals surface area contributed by atoms with E-state index in [0.29, 0.717) is 11.6 Å². The average molecular weight is 410 g/mol. The Labute approximate surface area is 174 Å². The highest BCUT2D eigenvalue weighted by Gasteiger charge is 2.32. The van der Waals surface area contributed by atoms with Crippen LogP contribution < -0.4 is 0 Å². The lowest BCUT2D eigenvalue weighted by Crippen LogP contribution is -2.42. The molecule has 4 rings (SSSR count). The molecular weight excluding hydrogens is 389 g/mol. The highest BCUT2D eigenvalue weighted by atomic mass is 35.5. The number of nitrogens with zero attached hydrogens (tertiary/aromatic N) is 1. The topological polar surface area (TPSA) is 29.5 Å². The van der Waals surface area contributed by atoms with Crippen LogP contribution in [0.4, 0.5) is 4.39 Å². The molecule has 0 N–H and O–H groups in total. The van der Waals surface area contributed by atoms with Crippen molar-refractivity contribution in [2.45, 2.75) is 19.1 Å². The molecule has 1 amide bonds. The average Bonchev–Trinajstić information content (AvgIpc) is 2.74. The second-order valence-electron chi connectivity index (χ2n) is 7.08. The summed E-state index contributed by atoms with van der Waals surface area (Å²) < 4.78 is 19.6. The fraction of sp³-hybridized carbons (Fsp3) is 0.208. The predicted molar refractivity (Wildman–Crippen MR) is 111 cm³/mol. The van der Waals surface area contributed by atoms with Gasteiger partial charge in [-0.05, 0) is 46.9 Å². The Hall–Kier alpha value is -2.69. The van der Waals surface area contributed by atoms with Crippen LogP contribution in [0.25, 0.3) is 0 Å². The molecule has 0 aliphatic carbocycles. The van der Waals surface area contributed by atoms with Crippen LogP contribution in [-0.2, 0) is 22.6 Å². The third-order valence-electron chi connectivity index (χ3n) is 5.21. The molecule has 0 radical (unpaired) electrons. The third kappa shape index (κ3) is 4.34. The molecule has 1 heterocycles. The van der Waals surface area contributed by atoms with Crippen LogP contribution in [0.15, 0.2) is 72.8 Å². The number of carbonyl (C=O) groups is 1. The first-order valence-corrected chi connectivity index (χ1v) is 9.95. The number of hydrogen-bond acceptors (Lipinski definition) is 2. The van der Waals surface area contributed by atoms with Gasteiger partial charge in [0.1, 0.15) is 12.4 Å². The number of fused-ring (bicyclic) bond motifs is 1. The molecule has 1 atom stereocenters. The summed E-state index contributed by atoms with van der Waals surface area (Å²) in [7, 11) is 0. The van der Waals surface area contributed by atoms with Crippen LogP contribution in [0.1, 0.15) is 28.3 Å². The first kappa shape index (κ1) is 19.6. The van der Waals surface area contributed by atoms with Crippen molar-refractivity contribution in [3.8, 4) is 0 Å². The van der Waals surface area contributed by atoms with E-state index in [4.69, 9.17) is 16.3 Å². The molecule has 3 aromatic carbocycles. The van der Waals surface area contributed by atoms with Gasteiger partial charge < -0.3 is 9.64 Å². The fourth-order valence-electron chi connectivity index (χ4n) is 3.82. The number of hydrogen-bond donors (Lipinski definition) is 0. The molecule has 0 saturated carbocycles. The Morgan fingerprint density at radius 1 is 1.07 bits per heavy atom. The van der Waals surface area contributed by atoms with Crippen LogP contribution in [0, 0.1) is 5.82 Å². The van der Waals surface area contributed by atoms with Gasteiger partial charge >= 0.3 is 0 Å². The number of carbonyl (C=O) groups excluding carboxylic acids is 1. The van der Waals surface area contributed by atoms with Crippen molar-refractivity contribution in [2.24, 2.45) is 0 Å². The summed E-state index contributed by atoms with van der Waals surface area (Å²) in [6.45, 7) is 0.770. The summed E-state index contributed by atoms with van der Waals surface area (Å²) in [6, 6.07) is 21.5. The van der Waals surface area contributed by atoms with Crippen molar-refractivity contribution >= 4 is 17.5 Å². The number of amides is 1. The van der Waals surface area contributed by atoms with E-state index in [0.717, 1.165) is 23.1 Å². The van der Waals surface area contributed by atoms with Crippen molar-refractivity contribution < 1.29 is 13.9 Å². The minimum absolute atomic E-state index is 0.0563. The lowest BCUT2D eigenvalue weighted by Gasteiger charge is -2.37. The molecule has 1 unspecified atom stereocenters. The van der Waals surface area contributed by atoms with Gasteiger partial charge in [0.25, 0.3) is 0 Å². The molecule has 148 valence electrons. The number of rotatable bonds is 5. The van der Waals surface area contributed by atoms with Crippen molar-refractivity contribution in [2.75, 3.05) is 13.2 Å². The maximum absolute atomic E-state index is 13.9. The molecule has 1 aliphatic heterocycles. The van der Waals surface area contributed by atoms with Crippen molar-refractivity contribution in [3.63, 3.8) is 0 Å². The zero-order chi connectivity index (χ0) is 20.2. The highest BCUT2D eigenvalue weighted by molar-refractivity contribution is 6.31. The lowest BCUT2D eigenvalue weighted by molar-refractivity contribution is -0.138. The van der Waals surface area contributed by atoms with Gasteiger partial charge in [0.05, 0.1) is 12.6 Å². The summed E-state index contributed by atoms with van der Waals surface area (Å²) in [5, 5.41) is 0.615. The number of ether oxygens (including phenoxy) is 1. The van der Waals surface area contributed by atoms with Gasteiger partial charge in [-0.2, -0.15) is 0 Å². The van der Waals surface area contributed by atoms with Gasteiger partial charge in [-0.3, -0.25) is 4.79 Å². The maximum Gasteiger partial charge on any atom is 0.249 e. The SMILES string of the molecule is O=C(COCc1ccccc1Cl)N1CCc2ccccc2C1c1cccc(F)c1.